The van der Waals surface area contributed by atoms with Gasteiger partial charge in [0.2, 0.25) is 12.1 Å². The first-order valence-electron chi connectivity index (χ1n) is 8.81. The number of rotatable bonds is 3. The second kappa shape index (κ2) is 5.68. The van der Waals surface area contributed by atoms with Gasteiger partial charge in [-0.05, 0) is 32.1 Å². The van der Waals surface area contributed by atoms with E-state index in [1.54, 1.807) is 0 Å². The highest BCUT2D eigenvalue weighted by Gasteiger charge is 2.69. The summed E-state index contributed by atoms with van der Waals surface area (Å²) in [6, 6.07) is 0. The molecule has 2 bridgehead atoms. The van der Waals surface area contributed by atoms with E-state index in [-0.39, 0.29) is 18.6 Å². The van der Waals surface area contributed by atoms with Crippen molar-refractivity contribution in [1.82, 2.24) is 0 Å². The summed E-state index contributed by atoms with van der Waals surface area (Å²) >= 11 is 0. The van der Waals surface area contributed by atoms with E-state index < -0.39 is 17.7 Å². The summed E-state index contributed by atoms with van der Waals surface area (Å²) in [5, 5.41) is 0. The van der Waals surface area contributed by atoms with Crippen molar-refractivity contribution < 1.29 is 28.8 Å². The largest absolute Gasteiger partial charge is 0.448 e. The zero-order valence-electron chi connectivity index (χ0n) is 14.4. The van der Waals surface area contributed by atoms with Crippen LogP contribution in [0.4, 0.5) is 0 Å². The van der Waals surface area contributed by atoms with Crippen LogP contribution in [0.15, 0.2) is 4.99 Å². The second-order valence-corrected chi connectivity index (χ2v) is 7.70. The average Bonchev–Trinajstić information content (AvgIpc) is 2.78. The second-order valence-electron chi connectivity index (χ2n) is 7.70. The first kappa shape index (κ1) is 16.3. The number of fused-ring (bicyclic) bond motifs is 2. The summed E-state index contributed by atoms with van der Waals surface area (Å²) in [5.41, 5.74) is -0.586. The lowest BCUT2D eigenvalue weighted by atomic mass is 9.58. The van der Waals surface area contributed by atoms with Crippen molar-refractivity contribution in [1.29, 1.82) is 0 Å². The molecule has 5 fully saturated rings. The molecule has 0 aromatic heterocycles. The van der Waals surface area contributed by atoms with Crippen molar-refractivity contribution >= 4 is 12.4 Å². The molecule has 4 aliphatic heterocycles. The van der Waals surface area contributed by atoms with Gasteiger partial charge in [-0.2, -0.15) is 0 Å². The van der Waals surface area contributed by atoms with E-state index in [1.165, 1.54) is 0 Å². The number of carbonyl (C=O) groups is 1. The molecule has 1 aliphatic carbocycles. The highest BCUT2D eigenvalue weighted by atomic mass is 17.3. The minimum Gasteiger partial charge on any atom is -0.448 e. The van der Waals surface area contributed by atoms with E-state index in [4.69, 9.17) is 24.0 Å². The van der Waals surface area contributed by atoms with E-state index in [2.05, 4.69) is 18.8 Å². The van der Waals surface area contributed by atoms with Crippen LogP contribution in [0.2, 0.25) is 0 Å². The van der Waals surface area contributed by atoms with Gasteiger partial charge in [-0.15, -0.1) is 0 Å². The fourth-order valence-electron chi connectivity index (χ4n) is 5.09. The maximum Gasteiger partial charge on any atom is 0.294 e. The molecule has 5 aliphatic rings. The summed E-state index contributed by atoms with van der Waals surface area (Å²) in [6.07, 6.45) is 3.40. The van der Waals surface area contributed by atoms with Gasteiger partial charge in [-0.25, -0.2) is 14.8 Å². The summed E-state index contributed by atoms with van der Waals surface area (Å²) < 4.78 is 17.0. The van der Waals surface area contributed by atoms with Crippen LogP contribution in [0.5, 0.6) is 0 Å². The molecule has 1 spiro atoms. The monoisotopic (exact) mass is 339 g/mol. The maximum atomic E-state index is 10.4. The third-order valence-corrected chi connectivity index (χ3v) is 6.36. The highest BCUT2D eigenvalue weighted by molar-refractivity contribution is 5.80. The Labute approximate surface area is 141 Å². The van der Waals surface area contributed by atoms with Gasteiger partial charge in [0.25, 0.3) is 6.47 Å². The topological polar surface area (TPSA) is 75.6 Å². The third-order valence-electron chi connectivity index (χ3n) is 6.36. The number of nitrogens with zero attached hydrogens (tertiary/aromatic N) is 1. The van der Waals surface area contributed by atoms with Crippen LogP contribution in [0.25, 0.3) is 0 Å². The van der Waals surface area contributed by atoms with Crippen LogP contribution >= 0.6 is 0 Å². The number of hydrogen-bond acceptors (Lipinski definition) is 7. The molecule has 4 heterocycles. The van der Waals surface area contributed by atoms with E-state index >= 15 is 0 Å². The van der Waals surface area contributed by atoms with Crippen LogP contribution < -0.4 is 0 Å². The van der Waals surface area contributed by atoms with Crippen LogP contribution in [0, 0.1) is 23.7 Å². The first-order valence-corrected chi connectivity index (χ1v) is 8.81. The summed E-state index contributed by atoms with van der Waals surface area (Å²) in [4.78, 5) is 26.5. The molecule has 3 unspecified atom stereocenters. The fraction of sp³-hybridized carbons (Fsp3) is 0.882. The number of aliphatic imine (C=N–C) groups is 1. The Morgan fingerprint density at radius 1 is 1.25 bits per heavy atom. The Kier molecular flexibility index (Phi) is 3.85. The average molecular weight is 339 g/mol. The van der Waals surface area contributed by atoms with E-state index in [0.29, 0.717) is 24.2 Å². The predicted molar refractivity (Wildman–Crippen MR) is 82.5 cm³/mol. The molecule has 134 valence electrons. The number of carbonyl (C=O) groups excluding carboxylic acids is 1. The summed E-state index contributed by atoms with van der Waals surface area (Å²) in [7, 11) is 0. The molecule has 7 atom stereocenters. The van der Waals surface area contributed by atoms with Gasteiger partial charge in [0, 0.05) is 24.2 Å². The Morgan fingerprint density at radius 3 is 2.88 bits per heavy atom. The van der Waals surface area contributed by atoms with Crippen molar-refractivity contribution in [3.8, 4) is 0 Å². The molecule has 4 saturated heterocycles. The molecule has 0 aromatic carbocycles. The Balaban J connectivity index is 1.72. The lowest BCUT2D eigenvalue weighted by Crippen LogP contribution is -2.69. The summed E-state index contributed by atoms with van der Waals surface area (Å²) in [5.74, 6) is 0.911. The third kappa shape index (κ3) is 2.21. The maximum absolute atomic E-state index is 10.4. The minimum absolute atomic E-state index is 0.0376. The molecule has 0 aromatic rings. The Hall–Kier alpha value is -1.18. The van der Waals surface area contributed by atoms with Gasteiger partial charge in [0.1, 0.15) is 0 Å². The minimum atomic E-state index is -0.789. The predicted octanol–water partition coefficient (Wildman–Crippen LogP) is 2.40. The van der Waals surface area contributed by atoms with Gasteiger partial charge in [0.05, 0.1) is 0 Å². The molecule has 0 radical (unpaired) electrons. The molecule has 1 saturated carbocycles. The molecule has 24 heavy (non-hydrogen) atoms. The van der Waals surface area contributed by atoms with Crippen LogP contribution in [0.3, 0.4) is 0 Å². The standard InChI is InChI=1S/C17H25NO6/c1-10-4-5-13-11(2)14(18-8-20-9-19)21-15-17(13)12(10)6-7-16(3,22-15)23-24-17/h9-13,15H,4-8H2,1-3H3/t10-,11-,12?,13?,15-,16-,17?/m1/s1. The summed E-state index contributed by atoms with van der Waals surface area (Å²) in [6.45, 7) is 6.61. The molecule has 7 nitrogen and oxygen atoms in total. The van der Waals surface area contributed by atoms with E-state index in [0.717, 1.165) is 25.7 Å². The van der Waals surface area contributed by atoms with Crippen LogP contribution in [0.1, 0.15) is 46.5 Å². The van der Waals surface area contributed by atoms with Crippen molar-refractivity contribution in [3.05, 3.63) is 0 Å². The lowest BCUT2D eigenvalue weighted by molar-refractivity contribution is -0.557. The van der Waals surface area contributed by atoms with Gasteiger partial charge in [-0.1, -0.05) is 13.8 Å². The molecular formula is C17H25NO6. The lowest BCUT2D eigenvalue weighted by Gasteiger charge is -2.58. The molecule has 0 N–H and O–H groups in total. The molecule has 7 heteroatoms. The zero-order valence-corrected chi connectivity index (χ0v) is 14.4. The van der Waals surface area contributed by atoms with E-state index in [1.807, 2.05) is 6.92 Å². The van der Waals surface area contributed by atoms with Crippen molar-refractivity contribution in [2.75, 3.05) is 6.73 Å². The van der Waals surface area contributed by atoms with Crippen LogP contribution in [-0.2, 0) is 28.8 Å². The Morgan fingerprint density at radius 2 is 2.08 bits per heavy atom. The highest BCUT2D eigenvalue weighted by Crippen LogP contribution is 2.59. The SMILES string of the molecule is C[C@@H]1CCC2[C@@H](C)C(=NCOC=O)O[C@@H]3O[C@@]4(C)CCC1C23OO4. The molecule has 0 amide bonds. The quantitative estimate of drug-likeness (QED) is 0.446. The number of hydrogen-bond donors (Lipinski definition) is 0. The fourth-order valence-corrected chi connectivity index (χ4v) is 5.09. The number of ether oxygens (including phenoxy) is 3. The normalized spacial score (nSPS) is 51.5. The van der Waals surface area contributed by atoms with Crippen molar-refractivity contribution in [3.63, 3.8) is 0 Å². The zero-order chi connectivity index (χ0) is 16.9. The van der Waals surface area contributed by atoms with Gasteiger partial charge < -0.3 is 14.2 Å². The van der Waals surface area contributed by atoms with Gasteiger partial charge in [-0.3, -0.25) is 4.79 Å². The molecular weight excluding hydrogens is 314 g/mol. The van der Waals surface area contributed by atoms with Gasteiger partial charge >= 0.3 is 0 Å². The van der Waals surface area contributed by atoms with Gasteiger partial charge in [0.15, 0.2) is 18.2 Å². The molecule has 5 rings (SSSR count). The van der Waals surface area contributed by atoms with E-state index in [9.17, 15) is 4.79 Å². The smallest absolute Gasteiger partial charge is 0.294 e. The van der Waals surface area contributed by atoms with Crippen molar-refractivity contribution in [2.24, 2.45) is 28.7 Å². The first-order chi connectivity index (χ1) is 11.5. The van der Waals surface area contributed by atoms with Crippen LogP contribution in [-0.4, -0.2) is 36.8 Å². The Bertz CT molecular complexity index is 553. The van der Waals surface area contributed by atoms with Crippen molar-refractivity contribution in [2.45, 2.75) is 64.1 Å².